The van der Waals surface area contributed by atoms with Crippen molar-refractivity contribution < 1.29 is 113 Å². The van der Waals surface area contributed by atoms with Crippen molar-refractivity contribution in [3.63, 3.8) is 0 Å². The zero-order chi connectivity index (χ0) is 58.9. The van der Waals surface area contributed by atoms with Crippen molar-refractivity contribution in [3.05, 3.63) is 24.3 Å². The molecule has 1 saturated carbocycles. The van der Waals surface area contributed by atoms with Gasteiger partial charge in [0.1, 0.15) is 92.1 Å². The molecule has 0 amide bonds. The molecule has 1 aliphatic carbocycles. The standard InChI is InChI=1S/C56H101O23P/c1-3-5-7-9-11-13-15-17-19-21-23-25-27-29-31-33-42(60)74-38(36-72-41(59)32-30-28-26-24-22-20-18-16-14-12-10-8-6-4-2)37-73-80(70,71)79-54-52(77-55-50(68)45(63)43(61)39(34-57)75-55)48(66)47(65)49(67)53(54)78-56-51(69)46(64)44(62)40(35-58)76-56/h27,29,31,33,38-40,43-58,61-69H,3-26,28,30,32,34-37H2,1-2H3,(H,70,71)/b29-27+,33-31+. The third-order valence-corrected chi connectivity index (χ3v) is 15.9. The van der Waals surface area contributed by atoms with Gasteiger partial charge >= 0.3 is 19.8 Å². The van der Waals surface area contributed by atoms with E-state index in [0.717, 1.165) is 63.9 Å². The van der Waals surface area contributed by atoms with Crippen LogP contribution in [0.5, 0.6) is 0 Å². The summed E-state index contributed by atoms with van der Waals surface area (Å²) in [5, 5.41) is 117. The number of hydrogen-bond acceptors (Lipinski definition) is 22. The fraction of sp³-hybridized carbons (Fsp3) is 0.893. The van der Waals surface area contributed by atoms with Gasteiger partial charge in [-0.1, -0.05) is 180 Å². The molecule has 16 atom stereocenters. The highest BCUT2D eigenvalue weighted by Crippen LogP contribution is 2.49. The van der Waals surface area contributed by atoms with Crippen molar-refractivity contribution in [1.82, 2.24) is 0 Å². The fourth-order valence-electron chi connectivity index (χ4n) is 9.91. The smallest absolute Gasteiger partial charge is 0.462 e. The van der Waals surface area contributed by atoms with Crippen LogP contribution in [0, 0.1) is 0 Å². The predicted molar refractivity (Wildman–Crippen MR) is 291 cm³/mol. The molecule has 0 bridgehead atoms. The van der Waals surface area contributed by atoms with Crippen LogP contribution in [0.1, 0.15) is 187 Å². The zero-order valence-corrected chi connectivity index (χ0v) is 48.2. The van der Waals surface area contributed by atoms with Gasteiger partial charge in [0.15, 0.2) is 18.7 Å². The molecule has 80 heavy (non-hydrogen) atoms. The van der Waals surface area contributed by atoms with E-state index < -0.39 is 150 Å². The number of ether oxygens (including phenoxy) is 6. The van der Waals surface area contributed by atoms with E-state index in [9.17, 15) is 75.2 Å². The molecule has 0 aromatic heterocycles. The highest BCUT2D eigenvalue weighted by Gasteiger charge is 2.58. The van der Waals surface area contributed by atoms with E-state index in [1.54, 1.807) is 6.08 Å². The van der Waals surface area contributed by atoms with Gasteiger partial charge in [-0.05, 0) is 19.3 Å². The van der Waals surface area contributed by atoms with Crippen LogP contribution in [0.3, 0.4) is 0 Å². The number of esters is 2. The van der Waals surface area contributed by atoms with Gasteiger partial charge in [-0.15, -0.1) is 0 Å². The zero-order valence-electron chi connectivity index (χ0n) is 47.3. The number of rotatable bonds is 43. The maximum atomic E-state index is 14.0. The summed E-state index contributed by atoms with van der Waals surface area (Å²) in [6, 6.07) is 0. The van der Waals surface area contributed by atoms with Crippen molar-refractivity contribution in [2.45, 2.75) is 291 Å². The Morgan fingerprint density at radius 1 is 0.500 bits per heavy atom. The van der Waals surface area contributed by atoms with Crippen LogP contribution >= 0.6 is 7.82 Å². The number of carbonyl (C=O) groups excluding carboxylic acids is 2. The van der Waals surface area contributed by atoms with Gasteiger partial charge in [0.05, 0.1) is 19.8 Å². The SMILES string of the molecule is CCCCCCCCCCCCC/C=C/C=C/C(=O)OC(COC(=O)CCCCCCCCCCCCCCCC)COP(=O)(O)OC1C(OC2OC(CO)C(O)C(O)C2O)C(O)C(O)C(O)C1OC1OC(CO)C(O)C(O)C1O. The van der Waals surface area contributed by atoms with Crippen LogP contribution in [0.2, 0.25) is 0 Å². The number of carbonyl (C=O) groups is 2. The molecule has 16 unspecified atom stereocenters. The van der Waals surface area contributed by atoms with Crippen LogP contribution in [-0.4, -0.2) is 204 Å². The number of phosphoric ester groups is 1. The Hall–Kier alpha value is -2.07. The number of unbranched alkanes of at least 4 members (excludes halogenated alkanes) is 24. The first-order valence-electron chi connectivity index (χ1n) is 29.7. The Labute approximate surface area is 473 Å². The quantitative estimate of drug-likeness (QED) is 0.0134. The van der Waals surface area contributed by atoms with Gasteiger partial charge in [-0.3, -0.25) is 13.8 Å². The summed E-state index contributed by atoms with van der Waals surface area (Å²) in [5.74, 6) is -1.58. The van der Waals surface area contributed by atoms with Gasteiger partial charge in [-0.25, -0.2) is 9.36 Å². The summed E-state index contributed by atoms with van der Waals surface area (Å²) in [7, 11) is -5.66. The fourth-order valence-corrected chi connectivity index (χ4v) is 10.9. The summed E-state index contributed by atoms with van der Waals surface area (Å²) in [6.45, 7) is 0.905. The molecule has 0 aromatic carbocycles. The van der Waals surface area contributed by atoms with Gasteiger partial charge in [0.2, 0.25) is 0 Å². The van der Waals surface area contributed by atoms with E-state index in [0.29, 0.717) is 6.42 Å². The van der Waals surface area contributed by atoms with E-state index >= 15 is 0 Å². The minimum atomic E-state index is -5.66. The summed E-state index contributed by atoms with van der Waals surface area (Å²) >= 11 is 0. The predicted octanol–water partition coefficient (Wildman–Crippen LogP) is 4.10. The minimum absolute atomic E-state index is 0.0365. The molecule has 468 valence electrons. The number of hydrogen-bond donors (Lipinski definition) is 12. The van der Waals surface area contributed by atoms with Crippen LogP contribution in [-0.2, 0) is 51.6 Å². The van der Waals surface area contributed by atoms with Gasteiger partial charge in [0, 0.05) is 12.5 Å². The molecule has 2 saturated heterocycles. The van der Waals surface area contributed by atoms with Crippen molar-refractivity contribution in [3.8, 4) is 0 Å². The maximum Gasteiger partial charge on any atom is 0.472 e. The van der Waals surface area contributed by atoms with Gasteiger partial charge in [-0.2, -0.15) is 0 Å². The number of allylic oxidation sites excluding steroid dienone is 3. The van der Waals surface area contributed by atoms with E-state index in [4.69, 9.17) is 37.5 Å². The van der Waals surface area contributed by atoms with Crippen LogP contribution < -0.4 is 0 Å². The van der Waals surface area contributed by atoms with E-state index in [-0.39, 0.29) is 6.42 Å². The molecule has 2 aliphatic heterocycles. The van der Waals surface area contributed by atoms with Crippen LogP contribution in [0.4, 0.5) is 0 Å². The molecule has 3 aliphatic rings. The Bertz CT molecular complexity index is 1690. The lowest BCUT2D eigenvalue weighted by molar-refractivity contribution is -0.360. The monoisotopic (exact) mass is 1170 g/mol. The van der Waals surface area contributed by atoms with E-state index in [1.165, 1.54) is 109 Å². The average molecular weight is 1170 g/mol. The minimum Gasteiger partial charge on any atom is -0.462 e. The third-order valence-electron chi connectivity index (χ3n) is 14.9. The largest absolute Gasteiger partial charge is 0.472 e. The Balaban J connectivity index is 1.72. The van der Waals surface area contributed by atoms with Crippen LogP contribution in [0.25, 0.3) is 0 Å². The normalized spacial score (nSPS) is 31.4. The molecule has 12 N–H and O–H groups in total. The second kappa shape index (κ2) is 41.1. The van der Waals surface area contributed by atoms with Crippen molar-refractivity contribution in [2.75, 3.05) is 26.4 Å². The molecule has 2 heterocycles. The van der Waals surface area contributed by atoms with Gasteiger partial charge < -0.3 is 89.5 Å². The summed E-state index contributed by atoms with van der Waals surface area (Å²) in [5.41, 5.74) is 0. The van der Waals surface area contributed by atoms with E-state index in [1.807, 2.05) is 6.08 Å². The molecular weight excluding hydrogens is 1070 g/mol. The van der Waals surface area contributed by atoms with Crippen molar-refractivity contribution in [2.24, 2.45) is 0 Å². The lowest BCUT2D eigenvalue weighted by atomic mass is 9.84. The molecule has 3 rings (SSSR count). The molecular formula is C56H101O23P. The molecule has 0 aromatic rings. The average Bonchev–Trinajstić information content (AvgIpc) is 3.47. The molecule has 3 fully saturated rings. The molecule has 23 nitrogen and oxygen atoms in total. The van der Waals surface area contributed by atoms with Crippen LogP contribution in [0.15, 0.2) is 24.3 Å². The highest BCUT2D eigenvalue weighted by molar-refractivity contribution is 7.47. The second-order valence-electron chi connectivity index (χ2n) is 21.6. The first kappa shape index (κ1) is 72.2. The topological polar surface area (TPSA) is 368 Å². The molecule has 24 heteroatoms. The molecule has 0 radical (unpaired) electrons. The highest BCUT2D eigenvalue weighted by atomic mass is 31.2. The summed E-state index contributed by atoms with van der Waals surface area (Å²) < 4.78 is 57.9. The second-order valence-corrected chi connectivity index (χ2v) is 23.0. The maximum absolute atomic E-state index is 14.0. The first-order chi connectivity index (χ1) is 38.4. The molecule has 0 spiro atoms. The Kier molecular flexibility index (Phi) is 37.1. The van der Waals surface area contributed by atoms with Gasteiger partial charge in [0.25, 0.3) is 0 Å². The lowest BCUT2D eigenvalue weighted by Gasteiger charge is -2.49. The lowest BCUT2D eigenvalue weighted by Crippen LogP contribution is -2.69. The number of aliphatic hydroxyl groups is 11. The Morgan fingerprint density at radius 3 is 1.32 bits per heavy atom. The Morgan fingerprint density at radius 2 is 0.900 bits per heavy atom. The third kappa shape index (κ3) is 26.5. The van der Waals surface area contributed by atoms with Crippen molar-refractivity contribution >= 4 is 19.8 Å². The first-order valence-corrected chi connectivity index (χ1v) is 31.2. The number of aliphatic hydroxyl groups excluding tert-OH is 11. The number of phosphoric acid groups is 1. The summed E-state index contributed by atoms with van der Waals surface area (Å²) in [6.07, 6.45) is 0.868. The summed E-state index contributed by atoms with van der Waals surface area (Å²) in [4.78, 5) is 37.4. The van der Waals surface area contributed by atoms with E-state index in [2.05, 4.69) is 13.8 Å². The van der Waals surface area contributed by atoms with Crippen molar-refractivity contribution in [1.29, 1.82) is 0 Å².